The lowest BCUT2D eigenvalue weighted by Crippen LogP contribution is -2.36. The molecule has 2 heterocycles. The van der Waals surface area contributed by atoms with E-state index in [0.717, 1.165) is 50.5 Å². The van der Waals surface area contributed by atoms with Gasteiger partial charge in [0.15, 0.2) is 0 Å². The number of rotatable bonds is 5. The average molecular weight is 342 g/mol. The second-order valence-electron chi connectivity index (χ2n) is 6.49. The van der Waals surface area contributed by atoms with E-state index in [1.807, 2.05) is 48.7 Å². The Labute approximate surface area is 149 Å². The number of aryl methyl sites for hydroxylation is 1. The molecule has 134 valence electrons. The molecule has 0 N–H and O–H groups in total. The Balaban J connectivity index is 1.57. The number of methoxy groups -OCH3 is 1. The van der Waals surface area contributed by atoms with Gasteiger partial charge in [-0.25, -0.2) is 4.98 Å². The highest BCUT2D eigenvalue weighted by molar-refractivity contribution is 5.79. The molecule has 1 amide bonds. The summed E-state index contributed by atoms with van der Waals surface area (Å²) in [6, 6.07) is 7.74. The summed E-state index contributed by atoms with van der Waals surface area (Å²) < 4.78 is 7.41. The molecule has 0 spiro atoms. The largest absolute Gasteiger partial charge is 0.496 e. The van der Waals surface area contributed by atoms with Crippen LogP contribution in [0.2, 0.25) is 0 Å². The van der Waals surface area contributed by atoms with Gasteiger partial charge in [0.25, 0.3) is 0 Å². The minimum atomic E-state index is 0.173. The molecule has 0 atom stereocenters. The quantitative estimate of drug-likeness (QED) is 0.830. The molecular formula is C19H26N4O2. The first kappa shape index (κ1) is 17.5. The highest BCUT2D eigenvalue weighted by Gasteiger charge is 2.20. The van der Waals surface area contributed by atoms with Crippen LogP contribution in [0.25, 0.3) is 0 Å². The summed E-state index contributed by atoms with van der Waals surface area (Å²) in [6.45, 7) is 4.36. The SMILES string of the molecule is COc1ccccc1CC(=O)N1CCCN(Cc2cncn2C)CC1. The summed E-state index contributed by atoms with van der Waals surface area (Å²) in [5, 5.41) is 0. The lowest BCUT2D eigenvalue weighted by Gasteiger charge is -2.22. The van der Waals surface area contributed by atoms with Crippen molar-refractivity contribution in [1.29, 1.82) is 0 Å². The lowest BCUT2D eigenvalue weighted by molar-refractivity contribution is -0.130. The molecule has 0 radical (unpaired) electrons. The zero-order valence-corrected chi connectivity index (χ0v) is 15.0. The summed E-state index contributed by atoms with van der Waals surface area (Å²) in [7, 11) is 3.66. The predicted molar refractivity (Wildman–Crippen MR) is 96.4 cm³/mol. The normalized spacial score (nSPS) is 15.8. The highest BCUT2D eigenvalue weighted by atomic mass is 16.5. The molecule has 1 aromatic heterocycles. The first-order valence-electron chi connectivity index (χ1n) is 8.74. The van der Waals surface area contributed by atoms with E-state index < -0.39 is 0 Å². The van der Waals surface area contributed by atoms with E-state index in [1.165, 1.54) is 5.69 Å². The van der Waals surface area contributed by atoms with Crippen LogP contribution in [0.4, 0.5) is 0 Å². The summed E-state index contributed by atoms with van der Waals surface area (Å²) in [5.41, 5.74) is 2.15. The zero-order valence-electron chi connectivity index (χ0n) is 15.0. The first-order chi connectivity index (χ1) is 12.2. The van der Waals surface area contributed by atoms with Gasteiger partial charge in [-0.3, -0.25) is 9.69 Å². The van der Waals surface area contributed by atoms with Gasteiger partial charge in [0.2, 0.25) is 5.91 Å². The third kappa shape index (κ3) is 4.39. The number of benzene rings is 1. The number of para-hydroxylation sites is 1. The van der Waals surface area contributed by atoms with E-state index in [4.69, 9.17) is 4.74 Å². The fourth-order valence-electron chi connectivity index (χ4n) is 3.27. The van der Waals surface area contributed by atoms with E-state index in [2.05, 4.69) is 14.5 Å². The molecule has 2 aromatic rings. The summed E-state index contributed by atoms with van der Waals surface area (Å²) in [6.07, 6.45) is 5.13. The smallest absolute Gasteiger partial charge is 0.227 e. The molecule has 0 bridgehead atoms. The number of carbonyl (C=O) groups is 1. The molecule has 1 aliphatic rings. The van der Waals surface area contributed by atoms with Gasteiger partial charge in [-0.05, 0) is 12.5 Å². The van der Waals surface area contributed by atoms with E-state index in [1.54, 1.807) is 7.11 Å². The maximum atomic E-state index is 12.7. The van der Waals surface area contributed by atoms with Crippen molar-refractivity contribution in [3.8, 4) is 5.75 Å². The number of imidazole rings is 1. The van der Waals surface area contributed by atoms with Crippen LogP contribution in [-0.4, -0.2) is 58.5 Å². The number of hydrogen-bond acceptors (Lipinski definition) is 4. The monoisotopic (exact) mass is 342 g/mol. The van der Waals surface area contributed by atoms with Crippen LogP contribution in [0.5, 0.6) is 5.75 Å². The van der Waals surface area contributed by atoms with Crippen LogP contribution in [0.3, 0.4) is 0 Å². The maximum Gasteiger partial charge on any atom is 0.227 e. The van der Waals surface area contributed by atoms with Crippen LogP contribution >= 0.6 is 0 Å². The zero-order chi connectivity index (χ0) is 17.6. The van der Waals surface area contributed by atoms with Crippen LogP contribution in [0, 0.1) is 0 Å². The fraction of sp³-hybridized carbons (Fsp3) is 0.474. The molecule has 6 nitrogen and oxygen atoms in total. The van der Waals surface area contributed by atoms with E-state index in [0.29, 0.717) is 6.42 Å². The van der Waals surface area contributed by atoms with Gasteiger partial charge in [-0.15, -0.1) is 0 Å². The Hall–Kier alpha value is -2.34. The van der Waals surface area contributed by atoms with Crippen molar-refractivity contribution >= 4 is 5.91 Å². The summed E-state index contributed by atoms with van der Waals surface area (Å²) in [4.78, 5) is 21.3. The average Bonchev–Trinajstić information content (AvgIpc) is 2.88. The van der Waals surface area contributed by atoms with Crippen molar-refractivity contribution in [2.45, 2.75) is 19.4 Å². The van der Waals surface area contributed by atoms with Crippen LogP contribution in [0.15, 0.2) is 36.8 Å². The van der Waals surface area contributed by atoms with Gasteiger partial charge in [0.05, 0.1) is 25.6 Å². The highest BCUT2D eigenvalue weighted by Crippen LogP contribution is 2.19. The maximum absolute atomic E-state index is 12.7. The van der Waals surface area contributed by atoms with Crippen LogP contribution in [-0.2, 0) is 24.8 Å². The topological polar surface area (TPSA) is 50.6 Å². The van der Waals surface area contributed by atoms with Crippen molar-refractivity contribution < 1.29 is 9.53 Å². The standard InChI is InChI=1S/C19H26N4O2/c1-21-15-20-13-17(21)14-22-8-5-9-23(11-10-22)19(24)12-16-6-3-4-7-18(16)25-2/h3-4,6-7,13,15H,5,8-12,14H2,1-2H3. The van der Waals surface area contributed by atoms with Gasteiger partial charge >= 0.3 is 0 Å². The molecule has 0 saturated carbocycles. The third-order valence-corrected chi connectivity index (χ3v) is 4.78. The first-order valence-corrected chi connectivity index (χ1v) is 8.74. The van der Waals surface area contributed by atoms with Crippen molar-refractivity contribution in [2.75, 3.05) is 33.3 Å². The molecule has 3 rings (SSSR count). The third-order valence-electron chi connectivity index (χ3n) is 4.78. The number of carbonyl (C=O) groups excluding carboxylic acids is 1. The number of ether oxygens (including phenoxy) is 1. The molecule has 6 heteroatoms. The number of amides is 1. The Morgan fingerprint density at radius 3 is 2.80 bits per heavy atom. The number of nitrogens with zero attached hydrogens (tertiary/aromatic N) is 4. The van der Waals surface area contributed by atoms with E-state index in [-0.39, 0.29) is 5.91 Å². The predicted octanol–water partition coefficient (Wildman–Crippen LogP) is 1.71. The minimum absolute atomic E-state index is 0.173. The molecule has 1 fully saturated rings. The second kappa shape index (κ2) is 8.16. The van der Waals surface area contributed by atoms with E-state index >= 15 is 0 Å². The van der Waals surface area contributed by atoms with Crippen molar-refractivity contribution in [3.63, 3.8) is 0 Å². The van der Waals surface area contributed by atoms with Gasteiger partial charge in [0.1, 0.15) is 5.75 Å². The molecule has 25 heavy (non-hydrogen) atoms. The van der Waals surface area contributed by atoms with Crippen molar-refractivity contribution in [2.24, 2.45) is 7.05 Å². The molecule has 0 unspecified atom stereocenters. The summed E-state index contributed by atoms with van der Waals surface area (Å²) in [5.74, 6) is 0.954. The fourth-order valence-corrected chi connectivity index (χ4v) is 3.27. The molecule has 1 saturated heterocycles. The van der Waals surface area contributed by atoms with Crippen molar-refractivity contribution in [3.05, 3.63) is 48.0 Å². The van der Waals surface area contributed by atoms with Gasteiger partial charge in [-0.1, -0.05) is 18.2 Å². The number of hydrogen-bond donors (Lipinski definition) is 0. The Morgan fingerprint density at radius 2 is 2.04 bits per heavy atom. The van der Waals surface area contributed by atoms with Crippen molar-refractivity contribution in [1.82, 2.24) is 19.4 Å². The van der Waals surface area contributed by atoms with Crippen LogP contribution in [0.1, 0.15) is 17.7 Å². The second-order valence-corrected chi connectivity index (χ2v) is 6.49. The molecule has 1 aromatic carbocycles. The Morgan fingerprint density at radius 1 is 1.20 bits per heavy atom. The number of aromatic nitrogens is 2. The summed E-state index contributed by atoms with van der Waals surface area (Å²) >= 11 is 0. The van der Waals surface area contributed by atoms with E-state index in [9.17, 15) is 4.79 Å². The Kier molecular flexibility index (Phi) is 5.71. The van der Waals surface area contributed by atoms with Gasteiger partial charge < -0.3 is 14.2 Å². The van der Waals surface area contributed by atoms with Crippen LogP contribution < -0.4 is 4.74 Å². The molecule has 1 aliphatic heterocycles. The van der Waals surface area contributed by atoms with Gasteiger partial charge in [-0.2, -0.15) is 0 Å². The molecular weight excluding hydrogens is 316 g/mol. The Bertz CT molecular complexity index is 713. The van der Waals surface area contributed by atoms with Gasteiger partial charge in [0, 0.05) is 51.5 Å². The minimum Gasteiger partial charge on any atom is -0.496 e. The lowest BCUT2D eigenvalue weighted by atomic mass is 10.1. The molecule has 0 aliphatic carbocycles.